The lowest BCUT2D eigenvalue weighted by molar-refractivity contribution is -0.870. The molecular weight excluding hydrogens is 757 g/mol. The molecule has 0 aliphatic carbocycles. The van der Waals surface area contributed by atoms with Crippen molar-refractivity contribution in [3.8, 4) is 0 Å². The van der Waals surface area contributed by atoms with Crippen molar-refractivity contribution in [2.24, 2.45) is 0 Å². The van der Waals surface area contributed by atoms with Crippen molar-refractivity contribution in [2.45, 2.75) is 199 Å². The molecule has 0 aromatic heterocycles. The van der Waals surface area contributed by atoms with E-state index in [0.29, 0.717) is 36.7 Å². The van der Waals surface area contributed by atoms with Crippen LogP contribution < -0.4 is 4.89 Å². The highest BCUT2D eigenvalue weighted by Gasteiger charge is 2.22. The topological polar surface area (TPSA) is 152 Å². The first-order chi connectivity index (χ1) is 27.8. The Morgan fingerprint density at radius 1 is 0.621 bits per heavy atom. The van der Waals surface area contributed by atoms with Crippen LogP contribution in [0, 0.1) is 0 Å². The molecule has 2 N–H and O–H groups in total. The molecular formula is C46H86NO10P. The van der Waals surface area contributed by atoms with Crippen molar-refractivity contribution in [1.82, 2.24) is 0 Å². The molecule has 11 nitrogen and oxygen atoms in total. The molecule has 0 bridgehead atoms. The van der Waals surface area contributed by atoms with Gasteiger partial charge in [0.05, 0.1) is 40.0 Å². The minimum absolute atomic E-state index is 0.0583. The van der Waals surface area contributed by atoms with E-state index in [2.05, 4.69) is 44.2 Å². The Kier molecular flexibility index (Phi) is 36.9. The van der Waals surface area contributed by atoms with Gasteiger partial charge in [0.2, 0.25) is 0 Å². The molecule has 0 spiro atoms. The predicted molar refractivity (Wildman–Crippen MR) is 234 cm³/mol. The van der Waals surface area contributed by atoms with Crippen molar-refractivity contribution in [3.05, 3.63) is 36.5 Å². The highest BCUT2D eigenvalue weighted by molar-refractivity contribution is 7.45. The zero-order valence-electron chi connectivity index (χ0n) is 37.5. The van der Waals surface area contributed by atoms with Crippen molar-refractivity contribution in [1.29, 1.82) is 0 Å². The number of hydrogen-bond acceptors (Lipinski definition) is 10. The van der Waals surface area contributed by atoms with E-state index in [4.69, 9.17) is 18.5 Å². The molecule has 4 atom stereocenters. The van der Waals surface area contributed by atoms with Gasteiger partial charge in [0.25, 0.3) is 7.82 Å². The number of hydrogen-bond donors (Lipinski definition) is 2. The van der Waals surface area contributed by atoms with E-state index < -0.39 is 44.7 Å². The number of phosphoric acid groups is 1. The summed E-state index contributed by atoms with van der Waals surface area (Å²) in [5, 5.41) is 20.5. The number of nitrogens with zero attached hydrogens (tertiary/aromatic N) is 1. The zero-order chi connectivity index (χ0) is 43.2. The summed E-state index contributed by atoms with van der Waals surface area (Å²) in [5.74, 6) is -0.955. The summed E-state index contributed by atoms with van der Waals surface area (Å²) in [6, 6.07) is 0. The molecule has 340 valence electrons. The molecule has 0 aromatic carbocycles. The number of unbranched alkanes of at least 4 members (excludes halogenated alkanes) is 17. The Hall–Kier alpha value is -1.85. The van der Waals surface area contributed by atoms with Gasteiger partial charge in [-0.1, -0.05) is 134 Å². The normalized spacial score (nSPS) is 15.0. The molecule has 0 aliphatic rings. The number of quaternary nitrogens is 1. The van der Waals surface area contributed by atoms with Gasteiger partial charge < -0.3 is 38.1 Å². The minimum atomic E-state index is -4.66. The molecule has 0 radical (unpaired) electrons. The Balaban J connectivity index is 4.46. The van der Waals surface area contributed by atoms with Gasteiger partial charge in [0, 0.05) is 12.8 Å². The van der Waals surface area contributed by atoms with E-state index in [0.717, 1.165) is 70.6 Å². The molecule has 58 heavy (non-hydrogen) atoms. The van der Waals surface area contributed by atoms with Gasteiger partial charge in [-0.25, -0.2) is 0 Å². The number of rotatable bonds is 41. The fourth-order valence-corrected chi connectivity index (χ4v) is 6.79. The van der Waals surface area contributed by atoms with Gasteiger partial charge in [-0.3, -0.25) is 14.2 Å². The highest BCUT2D eigenvalue weighted by Crippen LogP contribution is 2.38. The fraction of sp³-hybridized carbons (Fsp3) is 0.826. The van der Waals surface area contributed by atoms with Gasteiger partial charge in [0.1, 0.15) is 19.8 Å². The molecule has 0 aliphatic heterocycles. The average Bonchev–Trinajstić information content (AvgIpc) is 3.17. The van der Waals surface area contributed by atoms with Crippen molar-refractivity contribution < 1.29 is 52.3 Å². The van der Waals surface area contributed by atoms with Crippen LogP contribution >= 0.6 is 7.82 Å². The maximum atomic E-state index is 12.7. The monoisotopic (exact) mass is 844 g/mol. The SMILES string of the molecule is CCCCC/C=C\C/C=C\CCCCCCCCCC(=O)O[C@H](COC(=O)CCCCCCC[C@@H](O)[C@H](O)C/C=C\CCCCC)COP(=O)([O-])OCC[N+](C)(C)C. The quantitative estimate of drug-likeness (QED) is 0.0200. The van der Waals surface area contributed by atoms with Crippen LogP contribution in [0.2, 0.25) is 0 Å². The second-order valence-corrected chi connectivity index (χ2v) is 18.1. The van der Waals surface area contributed by atoms with Gasteiger partial charge in [-0.15, -0.1) is 0 Å². The summed E-state index contributed by atoms with van der Waals surface area (Å²) >= 11 is 0. The van der Waals surface area contributed by atoms with Crippen LogP contribution in [0.5, 0.6) is 0 Å². The van der Waals surface area contributed by atoms with Gasteiger partial charge >= 0.3 is 11.9 Å². The van der Waals surface area contributed by atoms with Crippen LogP contribution in [0.15, 0.2) is 36.5 Å². The fourth-order valence-electron chi connectivity index (χ4n) is 6.06. The zero-order valence-corrected chi connectivity index (χ0v) is 38.4. The Morgan fingerprint density at radius 3 is 1.69 bits per heavy atom. The molecule has 0 saturated carbocycles. The molecule has 0 fully saturated rings. The van der Waals surface area contributed by atoms with Gasteiger partial charge in [-0.2, -0.15) is 0 Å². The Morgan fingerprint density at radius 2 is 1.12 bits per heavy atom. The first kappa shape index (κ1) is 56.1. The number of carbonyl (C=O) groups excluding carboxylic acids is 2. The van der Waals surface area contributed by atoms with Crippen molar-refractivity contribution >= 4 is 19.8 Å². The number of allylic oxidation sites excluding steroid dienone is 5. The number of ether oxygens (including phenoxy) is 2. The Bertz CT molecular complexity index is 1120. The third kappa shape index (κ3) is 39.6. The summed E-state index contributed by atoms with van der Waals surface area (Å²) in [5.41, 5.74) is 0. The number of esters is 2. The van der Waals surface area contributed by atoms with Crippen LogP contribution in [0.4, 0.5) is 0 Å². The lowest BCUT2D eigenvalue weighted by Gasteiger charge is -2.28. The molecule has 0 amide bonds. The number of carbonyl (C=O) groups is 2. The second-order valence-electron chi connectivity index (χ2n) is 16.7. The second kappa shape index (κ2) is 38.1. The standard InChI is InChI=1S/C46H86NO10P/c1-6-8-10-12-14-15-16-17-18-19-20-21-22-23-24-28-33-37-46(51)57-42(41-56-58(52,53)55-39-38-47(3,4)5)40-54-45(50)36-32-29-25-27-31-35-44(49)43(48)34-30-26-13-11-9-7-2/h14-15,17-18,26,30,42-44,48-49H,6-13,16,19-25,27-29,31-41H2,1-5H3/b15-14-,18-17-,30-26-/t42-,43-,44-/m1/s1. The summed E-state index contributed by atoms with van der Waals surface area (Å²) < 4.78 is 33.8. The van der Waals surface area contributed by atoms with Crippen LogP contribution in [0.1, 0.15) is 181 Å². The van der Waals surface area contributed by atoms with E-state index in [1.165, 1.54) is 57.8 Å². The third-order valence-corrected chi connectivity index (χ3v) is 10.8. The molecule has 0 saturated heterocycles. The lowest BCUT2D eigenvalue weighted by Crippen LogP contribution is -2.37. The van der Waals surface area contributed by atoms with E-state index >= 15 is 0 Å². The van der Waals surface area contributed by atoms with Crippen molar-refractivity contribution in [3.63, 3.8) is 0 Å². The van der Waals surface area contributed by atoms with E-state index in [1.807, 2.05) is 27.2 Å². The molecule has 0 aromatic rings. The smallest absolute Gasteiger partial charge is 0.306 e. The number of aliphatic hydroxyl groups is 2. The maximum Gasteiger partial charge on any atom is 0.306 e. The largest absolute Gasteiger partial charge is 0.756 e. The van der Waals surface area contributed by atoms with Crippen LogP contribution in [-0.4, -0.2) is 92.5 Å². The lowest BCUT2D eigenvalue weighted by atomic mass is 10.0. The Labute approximate surface area is 354 Å². The summed E-state index contributed by atoms with van der Waals surface area (Å²) in [4.78, 5) is 37.6. The average molecular weight is 844 g/mol. The van der Waals surface area contributed by atoms with Crippen LogP contribution in [-0.2, 0) is 32.7 Å². The van der Waals surface area contributed by atoms with Gasteiger partial charge in [0.15, 0.2) is 6.10 Å². The first-order valence-corrected chi connectivity index (χ1v) is 24.3. The molecule has 1 unspecified atom stereocenters. The first-order valence-electron chi connectivity index (χ1n) is 22.9. The predicted octanol–water partition coefficient (Wildman–Crippen LogP) is 10.2. The van der Waals surface area contributed by atoms with E-state index in [-0.39, 0.29) is 26.1 Å². The summed E-state index contributed by atoms with van der Waals surface area (Å²) in [6.07, 6.45) is 34.7. The van der Waals surface area contributed by atoms with Gasteiger partial charge in [-0.05, 0) is 70.6 Å². The third-order valence-electron chi connectivity index (χ3n) is 9.83. The van der Waals surface area contributed by atoms with Crippen molar-refractivity contribution in [2.75, 3.05) is 47.5 Å². The summed E-state index contributed by atoms with van der Waals surface area (Å²) in [6.45, 7) is 3.96. The van der Waals surface area contributed by atoms with Crippen LogP contribution in [0.25, 0.3) is 0 Å². The molecule has 0 rings (SSSR count). The van der Waals surface area contributed by atoms with Crippen LogP contribution in [0.3, 0.4) is 0 Å². The maximum absolute atomic E-state index is 12.7. The van der Waals surface area contributed by atoms with E-state index in [9.17, 15) is 29.3 Å². The highest BCUT2D eigenvalue weighted by atomic mass is 31.2. The number of aliphatic hydroxyl groups excluding tert-OH is 2. The van der Waals surface area contributed by atoms with E-state index in [1.54, 1.807) is 0 Å². The summed E-state index contributed by atoms with van der Waals surface area (Å²) in [7, 11) is 1.07. The molecule has 12 heteroatoms. The number of likely N-dealkylation sites (N-methyl/N-ethyl adjacent to an activating group) is 1. The molecule has 0 heterocycles. The number of phosphoric ester groups is 1. The minimum Gasteiger partial charge on any atom is -0.756 e.